The van der Waals surface area contributed by atoms with E-state index < -0.39 is 11.4 Å². The number of aromatic hydroxyl groups is 1. The summed E-state index contributed by atoms with van der Waals surface area (Å²) in [6, 6.07) is 6.39. The van der Waals surface area contributed by atoms with Gasteiger partial charge in [-0.15, -0.1) is 23.1 Å². The molecule has 3 rings (SSSR count). The first-order valence-corrected chi connectivity index (χ1v) is 10.2. The van der Waals surface area contributed by atoms with Crippen molar-refractivity contribution in [2.45, 2.75) is 43.8 Å². The van der Waals surface area contributed by atoms with Crippen LogP contribution in [-0.4, -0.2) is 21.2 Å². The number of aromatic nitrogens is 1. The molecule has 0 spiro atoms. The van der Waals surface area contributed by atoms with E-state index in [1.54, 1.807) is 13.0 Å². The lowest BCUT2D eigenvalue weighted by atomic mass is 9.84. The molecule has 0 unspecified atom stereocenters. The SMILES string of the molecule is Cc1c(SCc2nc3cc(F)ccc3s2)cc(C(C)(C)C)c(O)c1C(=O)O. The lowest BCUT2D eigenvalue weighted by Gasteiger charge is -2.24. The summed E-state index contributed by atoms with van der Waals surface area (Å²) >= 11 is 2.96. The molecule has 0 saturated carbocycles. The fraction of sp³-hybridized carbons (Fsp3) is 0.300. The molecular formula is C20H20FNO3S2. The average Bonchev–Trinajstić information content (AvgIpc) is 2.94. The van der Waals surface area contributed by atoms with Gasteiger partial charge in [0, 0.05) is 16.5 Å². The molecule has 0 atom stereocenters. The van der Waals surface area contributed by atoms with Crippen molar-refractivity contribution in [3.63, 3.8) is 0 Å². The highest BCUT2D eigenvalue weighted by atomic mass is 32.2. The predicted octanol–water partition coefficient (Wildman–Crippen LogP) is 5.74. The Kier molecular flexibility index (Phi) is 5.18. The lowest BCUT2D eigenvalue weighted by molar-refractivity contribution is 0.0692. The Bertz CT molecular complexity index is 1040. The third-order valence-electron chi connectivity index (χ3n) is 4.28. The third-order valence-corrected chi connectivity index (χ3v) is 6.65. The molecule has 0 amide bonds. The van der Waals surface area contributed by atoms with Gasteiger partial charge in [0.05, 0.1) is 16.0 Å². The highest BCUT2D eigenvalue weighted by Gasteiger charge is 2.26. The van der Waals surface area contributed by atoms with Gasteiger partial charge in [0.25, 0.3) is 0 Å². The summed E-state index contributed by atoms with van der Waals surface area (Å²) in [4.78, 5) is 16.9. The standard InChI is InChI=1S/C20H20FNO3S2/c1-10-15(8-12(20(2,3)4)18(23)17(10)19(24)25)26-9-16-22-13-7-11(21)5-6-14(13)27-16/h5-8,23H,9H2,1-4H3,(H,24,25). The number of carboxylic acid groups (broad SMARTS) is 1. The van der Waals surface area contributed by atoms with Gasteiger partial charge < -0.3 is 10.2 Å². The number of carboxylic acids is 1. The Morgan fingerprint density at radius 3 is 2.63 bits per heavy atom. The second kappa shape index (κ2) is 7.13. The fourth-order valence-corrected chi connectivity index (χ4v) is 4.89. The normalized spacial score (nSPS) is 11.9. The highest BCUT2D eigenvalue weighted by Crippen LogP contribution is 2.41. The van der Waals surface area contributed by atoms with Gasteiger partial charge in [-0.2, -0.15) is 0 Å². The van der Waals surface area contributed by atoms with Crippen molar-refractivity contribution < 1.29 is 19.4 Å². The van der Waals surface area contributed by atoms with E-state index in [-0.39, 0.29) is 17.1 Å². The van der Waals surface area contributed by atoms with E-state index >= 15 is 0 Å². The molecule has 1 heterocycles. The number of carbonyl (C=O) groups is 1. The molecule has 4 nitrogen and oxygen atoms in total. The Hall–Kier alpha value is -2.12. The van der Waals surface area contributed by atoms with Crippen molar-refractivity contribution >= 4 is 39.3 Å². The molecule has 0 bridgehead atoms. The Morgan fingerprint density at radius 2 is 2.00 bits per heavy atom. The van der Waals surface area contributed by atoms with Gasteiger partial charge in [-0.05, 0) is 36.1 Å². The number of aromatic carboxylic acids is 1. The van der Waals surface area contributed by atoms with Gasteiger partial charge in [0.2, 0.25) is 0 Å². The van der Waals surface area contributed by atoms with E-state index in [2.05, 4.69) is 4.98 Å². The monoisotopic (exact) mass is 405 g/mol. The molecule has 0 saturated heterocycles. The van der Waals surface area contributed by atoms with Crippen LogP contribution in [0.15, 0.2) is 29.2 Å². The largest absolute Gasteiger partial charge is 0.507 e. The van der Waals surface area contributed by atoms with Crippen molar-refractivity contribution in [1.82, 2.24) is 4.98 Å². The van der Waals surface area contributed by atoms with Gasteiger partial charge in [0.1, 0.15) is 22.1 Å². The van der Waals surface area contributed by atoms with Gasteiger partial charge in [-0.3, -0.25) is 0 Å². The maximum atomic E-state index is 13.3. The molecule has 142 valence electrons. The molecule has 2 N–H and O–H groups in total. The van der Waals surface area contributed by atoms with E-state index in [1.165, 1.54) is 35.2 Å². The van der Waals surface area contributed by atoms with Gasteiger partial charge >= 0.3 is 5.97 Å². The Labute approximate surface area is 165 Å². The molecule has 0 fully saturated rings. The van der Waals surface area contributed by atoms with Crippen LogP contribution in [0.5, 0.6) is 5.75 Å². The molecule has 0 radical (unpaired) electrons. The van der Waals surface area contributed by atoms with Gasteiger partial charge in [-0.25, -0.2) is 14.2 Å². The van der Waals surface area contributed by atoms with Crippen LogP contribution in [0.3, 0.4) is 0 Å². The van der Waals surface area contributed by atoms with Crippen LogP contribution >= 0.6 is 23.1 Å². The second-order valence-corrected chi connectivity index (χ2v) is 9.47. The minimum Gasteiger partial charge on any atom is -0.507 e. The number of benzene rings is 2. The van der Waals surface area contributed by atoms with Crippen molar-refractivity contribution in [2.24, 2.45) is 0 Å². The summed E-state index contributed by atoms with van der Waals surface area (Å²) in [5, 5.41) is 20.9. The molecule has 2 aromatic carbocycles. The van der Waals surface area contributed by atoms with Gasteiger partial charge in [-0.1, -0.05) is 20.8 Å². The summed E-state index contributed by atoms with van der Waals surface area (Å²) in [6.07, 6.45) is 0. The Morgan fingerprint density at radius 1 is 1.30 bits per heavy atom. The number of hydrogen-bond acceptors (Lipinski definition) is 5. The minimum atomic E-state index is -1.14. The number of nitrogens with zero attached hydrogens (tertiary/aromatic N) is 1. The van der Waals surface area contributed by atoms with E-state index in [9.17, 15) is 19.4 Å². The molecule has 27 heavy (non-hydrogen) atoms. The van der Waals surface area contributed by atoms with Crippen molar-refractivity contribution in [3.05, 3.63) is 51.8 Å². The van der Waals surface area contributed by atoms with Crippen molar-refractivity contribution in [3.8, 4) is 5.75 Å². The zero-order valence-corrected chi connectivity index (χ0v) is 17.1. The Balaban J connectivity index is 1.97. The van der Waals surface area contributed by atoms with Crippen LogP contribution < -0.4 is 0 Å². The van der Waals surface area contributed by atoms with Crippen molar-refractivity contribution in [1.29, 1.82) is 0 Å². The van der Waals surface area contributed by atoms with E-state index in [1.807, 2.05) is 26.8 Å². The highest BCUT2D eigenvalue weighted by molar-refractivity contribution is 7.98. The molecular weight excluding hydrogens is 385 g/mol. The number of thiazole rings is 1. The molecule has 1 aromatic heterocycles. The molecule has 0 aliphatic rings. The molecule has 0 aliphatic heterocycles. The van der Waals surface area contributed by atoms with Crippen LogP contribution in [-0.2, 0) is 11.2 Å². The topological polar surface area (TPSA) is 70.4 Å². The average molecular weight is 406 g/mol. The second-order valence-electron chi connectivity index (χ2n) is 7.33. The van der Waals surface area contributed by atoms with E-state index in [4.69, 9.17) is 0 Å². The summed E-state index contributed by atoms with van der Waals surface area (Å²) in [5.74, 6) is -1.10. The summed E-state index contributed by atoms with van der Waals surface area (Å²) in [6.45, 7) is 7.49. The molecule has 0 aliphatic carbocycles. The quantitative estimate of drug-likeness (QED) is 0.542. The maximum Gasteiger partial charge on any atom is 0.339 e. The summed E-state index contributed by atoms with van der Waals surface area (Å²) in [7, 11) is 0. The van der Waals surface area contributed by atoms with Crippen LogP contribution in [0.1, 0.15) is 47.3 Å². The van der Waals surface area contributed by atoms with E-state index in [0.717, 1.165) is 14.6 Å². The third kappa shape index (κ3) is 3.94. The zero-order chi connectivity index (χ0) is 19.9. The first-order valence-electron chi connectivity index (χ1n) is 8.36. The van der Waals surface area contributed by atoms with Crippen LogP contribution in [0.25, 0.3) is 10.2 Å². The molecule has 7 heteroatoms. The first-order chi connectivity index (χ1) is 12.6. The zero-order valence-electron chi connectivity index (χ0n) is 15.5. The number of hydrogen-bond donors (Lipinski definition) is 2. The number of fused-ring (bicyclic) bond motifs is 1. The fourth-order valence-electron chi connectivity index (χ4n) is 2.88. The first kappa shape index (κ1) is 19.6. The molecule has 3 aromatic rings. The van der Waals surface area contributed by atoms with Crippen molar-refractivity contribution in [2.75, 3.05) is 0 Å². The number of halogens is 1. The lowest BCUT2D eigenvalue weighted by Crippen LogP contribution is -2.14. The number of phenols is 1. The smallest absolute Gasteiger partial charge is 0.339 e. The van der Waals surface area contributed by atoms with E-state index in [0.29, 0.717) is 22.4 Å². The van der Waals surface area contributed by atoms with Crippen LogP contribution in [0.2, 0.25) is 0 Å². The summed E-state index contributed by atoms with van der Waals surface area (Å²) in [5.41, 5.74) is 1.30. The number of rotatable bonds is 4. The minimum absolute atomic E-state index is 0.0590. The number of thioether (sulfide) groups is 1. The van der Waals surface area contributed by atoms with Gasteiger partial charge in [0.15, 0.2) is 0 Å². The predicted molar refractivity (Wildman–Crippen MR) is 108 cm³/mol. The maximum absolute atomic E-state index is 13.3. The van der Waals surface area contributed by atoms with Crippen LogP contribution in [0, 0.1) is 12.7 Å². The van der Waals surface area contributed by atoms with Crippen LogP contribution in [0.4, 0.5) is 4.39 Å². The summed E-state index contributed by atoms with van der Waals surface area (Å²) < 4.78 is 14.3.